The first kappa shape index (κ1) is 19.0. The van der Waals surface area contributed by atoms with Crippen LogP contribution >= 0.6 is 24.0 Å². The third-order valence-electron chi connectivity index (χ3n) is 3.98. The maximum atomic E-state index is 12.1. The van der Waals surface area contributed by atoms with Crippen LogP contribution in [0.5, 0.6) is 0 Å². The van der Waals surface area contributed by atoms with Crippen LogP contribution in [0.3, 0.4) is 0 Å². The zero-order valence-electron chi connectivity index (χ0n) is 12.7. The van der Waals surface area contributed by atoms with E-state index in [2.05, 4.69) is 15.6 Å². The maximum absolute atomic E-state index is 12.1. The zero-order chi connectivity index (χ0) is 14.6. The minimum atomic E-state index is -3.15. The lowest BCUT2D eigenvalue weighted by Gasteiger charge is -2.34. The summed E-state index contributed by atoms with van der Waals surface area (Å²) in [4.78, 5) is 4.52. The van der Waals surface area contributed by atoms with Crippen molar-refractivity contribution in [2.24, 2.45) is 4.99 Å². The molecule has 6 nitrogen and oxygen atoms in total. The Balaban J connectivity index is 0.00000220. The smallest absolute Gasteiger partial charge is 0.191 e. The number of hydrogen-bond acceptors (Lipinski definition) is 4. The number of nitrogens with zero attached hydrogens (tertiary/aromatic N) is 1. The van der Waals surface area contributed by atoms with E-state index in [4.69, 9.17) is 4.74 Å². The van der Waals surface area contributed by atoms with Gasteiger partial charge in [0.25, 0.3) is 0 Å². The monoisotopic (exact) mass is 431 g/mol. The summed E-state index contributed by atoms with van der Waals surface area (Å²) in [5.74, 6) is 0.726. The van der Waals surface area contributed by atoms with Crippen molar-refractivity contribution in [3.8, 4) is 0 Å². The van der Waals surface area contributed by atoms with Crippen molar-refractivity contribution < 1.29 is 13.2 Å². The van der Waals surface area contributed by atoms with E-state index in [1.54, 1.807) is 0 Å². The quantitative estimate of drug-likeness (QED) is 0.385. The highest BCUT2D eigenvalue weighted by molar-refractivity contribution is 14.0. The molecule has 1 aliphatic heterocycles. The first-order valence-electron chi connectivity index (χ1n) is 7.29. The van der Waals surface area contributed by atoms with E-state index in [1.807, 2.05) is 6.92 Å². The molecule has 2 rings (SSSR count). The molecule has 1 saturated carbocycles. The second-order valence-corrected chi connectivity index (χ2v) is 8.09. The van der Waals surface area contributed by atoms with Gasteiger partial charge in [-0.1, -0.05) is 0 Å². The minimum Gasteiger partial charge on any atom is -0.381 e. The van der Waals surface area contributed by atoms with Crippen LogP contribution in [0, 0.1) is 0 Å². The predicted molar refractivity (Wildman–Crippen MR) is 95.2 cm³/mol. The summed E-state index contributed by atoms with van der Waals surface area (Å²) in [5.41, 5.74) is 0. The van der Waals surface area contributed by atoms with Crippen LogP contribution < -0.4 is 10.6 Å². The standard InChI is InChI=1S/C13H25N3O3S.HI/c1-3-14-12(16-11-4-5-11)15-10-13(20(2,17)18)6-8-19-9-7-13;/h11H,3-10H2,1-2H3,(H2,14,15,16);1H. The van der Waals surface area contributed by atoms with Crippen LogP contribution in [0.4, 0.5) is 0 Å². The van der Waals surface area contributed by atoms with Crippen molar-refractivity contribution in [1.29, 1.82) is 0 Å². The molecule has 0 aromatic carbocycles. The van der Waals surface area contributed by atoms with Gasteiger partial charge in [-0.3, -0.25) is 4.99 Å². The molecule has 2 aliphatic rings. The van der Waals surface area contributed by atoms with E-state index in [1.165, 1.54) is 6.26 Å². The first-order chi connectivity index (χ1) is 9.47. The highest BCUT2D eigenvalue weighted by Gasteiger charge is 2.42. The van der Waals surface area contributed by atoms with Gasteiger partial charge in [0.15, 0.2) is 15.8 Å². The molecular weight excluding hydrogens is 405 g/mol. The Bertz CT molecular complexity index is 457. The normalized spacial score (nSPS) is 22.3. The molecule has 0 unspecified atom stereocenters. The van der Waals surface area contributed by atoms with Crippen molar-refractivity contribution in [2.75, 3.05) is 32.6 Å². The van der Waals surface area contributed by atoms with Crippen molar-refractivity contribution in [2.45, 2.75) is 43.4 Å². The molecular formula is C13H26IN3O3S. The molecule has 2 N–H and O–H groups in total. The molecule has 124 valence electrons. The molecule has 0 radical (unpaired) electrons. The third kappa shape index (κ3) is 5.24. The SMILES string of the molecule is CCNC(=NCC1(S(C)(=O)=O)CCOCC1)NC1CC1.I. The highest BCUT2D eigenvalue weighted by Crippen LogP contribution is 2.29. The largest absolute Gasteiger partial charge is 0.381 e. The number of ether oxygens (including phenoxy) is 1. The molecule has 8 heteroatoms. The Labute approximate surface area is 144 Å². The van der Waals surface area contributed by atoms with E-state index in [0.29, 0.717) is 38.6 Å². The van der Waals surface area contributed by atoms with Gasteiger partial charge in [-0.05, 0) is 32.6 Å². The van der Waals surface area contributed by atoms with Crippen molar-refractivity contribution in [3.05, 3.63) is 0 Å². The van der Waals surface area contributed by atoms with Crippen molar-refractivity contribution in [3.63, 3.8) is 0 Å². The molecule has 1 heterocycles. The topological polar surface area (TPSA) is 79.8 Å². The molecule has 0 spiro atoms. The molecule has 0 aromatic heterocycles. The molecule has 0 amide bonds. The van der Waals surface area contributed by atoms with E-state index < -0.39 is 14.6 Å². The number of sulfone groups is 1. The van der Waals surface area contributed by atoms with Crippen LogP contribution in [0.15, 0.2) is 4.99 Å². The van der Waals surface area contributed by atoms with Crippen LogP contribution in [0.1, 0.15) is 32.6 Å². The van der Waals surface area contributed by atoms with Gasteiger partial charge in [0.1, 0.15) is 0 Å². The van der Waals surface area contributed by atoms with Crippen LogP contribution in [0.25, 0.3) is 0 Å². The maximum Gasteiger partial charge on any atom is 0.191 e. The van der Waals surface area contributed by atoms with Gasteiger partial charge in [0.2, 0.25) is 0 Å². The summed E-state index contributed by atoms with van der Waals surface area (Å²) < 4.78 is 28.8. The summed E-state index contributed by atoms with van der Waals surface area (Å²) in [6, 6.07) is 0.497. The molecule has 1 aliphatic carbocycles. The third-order valence-corrected chi connectivity index (χ3v) is 6.09. The lowest BCUT2D eigenvalue weighted by molar-refractivity contribution is 0.0768. The molecule has 2 fully saturated rings. The molecule has 21 heavy (non-hydrogen) atoms. The summed E-state index contributed by atoms with van der Waals surface area (Å²) in [6.45, 7) is 4.07. The fourth-order valence-corrected chi connectivity index (χ4v) is 3.56. The van der Waals surface area contributed by atoms with Crippen LogP contribution in [0.2, 0.25) is 0 Å². The molecule has 0 atom stereocenters. The number of halogens is 1. The van der Waals surface area contributed by atoms with Gasteiger partial charge in [0, 0.05) is 32.1 Å². The van der Waals surface area contributed by atoms with Gasteiger partial charge in [-0.25, -0.2) is 8.42 Å². The Morgan fingerprint density at radius 2 is 1.95 bits per heavy atom. The Kier molecular flexibility index (Phi) is 7.18. The zero-order valence-corrected chi connectivity index (χ0v) is 15.9. The fourth-order valence-electron chi connectivity index (χ4n) is 2.35. The van der Waals surface area contributed by atoms with Crippen molar-refractivity contribution >= 4 is 39.8 Å². The fraction of sp³-hybridized carbons (Fsp3) is 0.923. The first-order valence-corrected chi connectivity index (χ1v) is 9.18. The summed E-state index contributed by atoms with van der Waals surface area (Å²) in [6.07, 6.45) is 4.69. The molecule has 0 bridgehead atoms. The van der Waals surface area contributed by atoms with Gasteiger partial charge in [0.05, 0.1) is 11.3 Å². The second-order valence-electron chi connectivity index (χ2n) is 5.68. The lowest BCUT2D eigenvalue weighted by atomic mass is 9.99. The average Bonchev–Trinajstić information content (AvgIpc) is 3.20. The minimum absolute atomic E-state index is 0. The summed E-state index contributed by atoms with van der Waals surface area (Å²) in [5, 5.41) is 6.49. The van der Waals surface area contributed by atoms with Gasteiger partial charge in [-0.2, -0.15) is 0 Å². The summed E-state index contributed by atoms with van der Waals surface area (Å²) in [7, 11) is -3.15. The van der Waals surface area contributed by atoms with E-state index in [9.17, 15) is 8.42 Å². The lowest BCUT2D eigenvalue weighted by Crippen LogP contribution is -2.47. The predicted octanol–water partition coefficient (Wildman–Crippen LogP) is 0.916. The number of hydrogen-bond donors (Lipinski definition) is 2. The van der Waals surface area contributed by atoms with Gasteiger partial charge in [-0.15, -0.1) is 24.0 Å². The van der Waals surface area contributed by atoms with E-state index in [-0.39, 0.29) is 24.0 Å². The Morgan fingerprint density at radius 1 is 1.33 bits per heavy atom. The highest BCUT2D eigenvalue weighted by atomic mass is 127. The summed E-state index contributed by atoms with van der Waals surface area (Å²) >= 11 is 0. The molecule has 1 saturated heterocycles. The number of guanidine groups is 1. The van der Waals surface area contributed by atoms with Crippen molar-refractivity contribution in [1.82, 2.24) is 10.6 Å². The Morgan fingerprint density at radius 3 is 2.43 bits per heavy atom. The van der Waals surface area contributed by atoms with Gasteiger partial charge < -0.3 is 15.4 Å². The number of rotatable bonds is 5. The molecule has 0 aromatic rings. The average molecular weight is 431 g/mol. The van der Waals surface area contributed by atoms with Crippen LogP contribution in [-0.4, -0.2) is 57.7 Å². The second kappa shape index (κ2) is 7.96. The Hall–Kier alpha value is -0.0900. The van der Waals surface area contributed by atoms with E-state index >= 15 is 0 Å². The number of nitrogens with one attached hydrogen (secondary N) is 2. The van der Waals surface area contributed by atoms with Crippen LogP contribution in [-0.2, 0) is 14.6 Å². The number of aliphatic imine (C=N–C) groups is 1. The van der Waals surface area contributed by atoms with E-state index in [0.717, 1.165) is 25.3 Å². The van der Waals surface area contributed by atoms with Gasteiger partial charge >= 0.3 is 0 Å².